The van der Waals surface area contributed by atoms with Crippen molar-refractivity contribution in [2.75, 3.05) is 6.54 Å². The Morgan fingerprint density at radius 2 is 2.35 bits per heavy atom. The second-order valence-electron chi connectivity index (χ2n) is 3.93. The maximum Gasteiger partial charge on any atom is 0.0962 e. The highest BCUT2D eigenvalue weighted by Gasteiger charge is 2.00. The van der Waals surface area contributed by atoms with E-state index in [0.29, 0.717) is 6.54 Å². The summed E-state index contributed by atoms with van der Waals surface area (Å²) >= 11 is 1.75. The topological polar surface area (TPSA) is 68.8 Å². The van der Waals surface area contributed by atoms with E-state index < -0.39 is 0 Å². The number of hydrogen-bond donors (Lipinski definition) is 2. The van der Waals surface area contributed by atoms with Crippen LogP contribution in [0, 0.1) is 6.92 Å². The normalized spacial score (nSPS) is 10.9. The van der Waals surface area contributed by atoms with Crippen molar-refractivity contribution in [1.29, 1.82) is 0 Å². The highest BCUT2D eigenvalue weighted by Crippen LogP contribution is 2.12. The van der Waals surface area contributed by atoms with E-state index in [1.807, 2.05) is 10.9 Å². The monoisotopic (exact) mass is 251 g/mol. The van der Waals surface area contributed by atoms with Gasteiger partial charge in [-0.15, -0.1) is 5.10 Å². The first-order chi connectivity index (χ1) is 8.29. The molecule has 6 heteroatoms. The molecule has 17 heavy (non-hydrogen) atoms. The van der Waals surface area contributed by atoms with Crippen LogP contribution in [0.4, 0.5) is 0 Å². The molecule has 0 saturated heterocycles. The van der Waals surface area contributed by atoms with Gasteiger partial charge in [-0.05, 0) is 28.8 Å². The van der Waals surface area contributed by atoms with E-state index in [1.165, 1.54) is 11.1 Å². The number of nitrogens with zero attached hydrogens (tertiary/aromatic N) is 3. The molecule has 2 aromatic heterocycles. The SMILES string of the molecule is Cc1cscc1CNCCn1cc(CN)nn1. The average molecular weight is 251 g/mol. The van der Waals surface area contributed by atoms with Crippen LogP contribution < -0.4 is 11.1 Å². The summed E-state index contributed by atoms with van der Waals surface area (Å²) in [5, 5.41) is 15.7. The summed E-state index contributed by atoms with van der Waals surface area (Å²) in [4.78, 5) is 0. The van der Waals surface area contributed by atoms with E-state index in [1.54, 1.807) is 11.3 Å². The maximum atomic E-state index is 5.47. The molecule has 0 fully saturated rings. The van der Waals surface area contributed by atoms with Crippen LogP contribution in [0.5, 0.6) is 0 Å². The fourth-order valence-corrected chi connectivity index (χ4v) is 2.38. The molecular formula is C11H17N5S. The molecule has 0 amide bonds. The highest BCUT2D eigenvalue weighted by molar-refractivity contribution is 7.08. The smallest absolute Gasteiger partial charge is 0.0962 e. The van der Waals surface area contributed by atoms with Crippen LogP contribution >= 0.6 is 11.3 Å². The molecular weight excluding hydrogens is 234 g/mol. The Labute approximate surface area is 105 Å². The molecule has 0 radical (unpaired) electrons. The standard InChI is InChI=1S/C11H17N5S/c1-9-7-17-8-10(9)5-13-2-3-16-6-11(4-12)14-15-16/h6-8,13H,2-5,12H2,1H3. The van der Waals surface area contributed by atoms with Gasteiger partial charge < -0.3 is 11.1 Å². The van der Waals surface area contributed by atoms with Gasteiger partial charge in [-0.3, -0.25) is 4.68 Å². The molecule has 0 aliphatic rings. The molecule has 0 aliphatic heterocycles. The first kappa shape index (κ1) is 12.2. The summed E-state index contributed by atoms with van der Waals surface area (Å²) in [6, 6.07) is 0. The molecule has 0 unspecified atom stereocenters. The zero-order valence-electron chi connectivity index (χ0n) is 9.89. The Bertz CT molecular complexity index is 462. The number of nitrogens with two attached hydrogens (primary N) is 1. The molecule has 0 aliphatic carbocycles. The predicted octanol–water partition coefficient (Wildman–Crippen LogP) is 0.897. The van der Waals surface area contributed by atoms with E-state index >= 15 is 0 Å². The second-order valence-corrected chi connectivity index (χ2v) is 4.68. The summed E-state index contributed by atoms with van der Waals surface area (Å²) in [7, 11) is 0. The average Bonchev–Trinajstić information content (AvgIpc) is 2.94. The van der Waals surface area contributed by atoms with Crippen LogP contribution in [-0.4, -0.2) is 21.5 Å². The number of hydrogen-bond acceptors (Lipinski definition) is 5. The van der Waals surface area contributed by atoms with Crippen molar-refractivity contribution in [3.05, 3.63) is 33.8 Å². The number of rotatable bonds is 6. The maximum absolute atomic E-state index is 5.47. The minimum Gasteiger partial charge on any atom is -0.325 e. The van der Waals surface area contributed by atoms with Crippen molar-refractivity contribution < 1.29 is 0 Å². The zero-order valence-corrected chi connectivity index (χ0v) is 10.7. The van der Waals surface area contributed by atoms with Crippen LogP contribution in [0.15, 0.2) is 17.0 Å². The molecule has 5 nitrogen and oxygen atoms in total. The van der Waals surface area contributed by atoms with Gasteiger partial charge in [-0.25, -0.2) is 0 Å². The fourth-order valence-electron chi connectivity index (χ4n) is 1.53. The summed E-state index contributed by atoms with van der Waals surface area (Å²) in [6.07, 6.45) is 1.89. The van der Waals surface area contributed by atoms with Crippen molar-refractivity contribution in [3.63, 3.8) is 0 Å². The summed E-state index contributed by atoms with van der Waals surface area (Å²) in [5.74, 6) is 0. The Morgan fingerprint density at radius 1 is 1.47 bits per heavy atom. The van der Waals surface area contributed by atoms with E-state index in [9.17, 15) is 0 Å². The molecule has 0 atom stereocenters. The first-order valence-electron chi connectivity index (χ1n) is 5.61. The van der Waals surface area contributed by atoms with Crippen molar-refractivity contribution >= 4 is 11.3 Å². The third kappa shape index (κ3) is 3.36. The van der Waals surface area contributed by atoms with E-state index in [4.69, 9.17) is 5.73 Å². The lowest BCUT2D eigenvalue weighted by atomic mass is 10.2. The molecule has 0 aromatic carbocycles. The van der Waals surface area contributed by atoms with Crippen LogP contribution in [0.1, 0.15) is 16.8 Å². The summed E-state index contributed by atoms with van der Waals surface area (Å²) in [5.41, 5.74) is 9.03. The largest absolute Gasteiger partial charge is 0.325 e. The highest BCUT2D eigenvalue weighted by atomic mass is 32.1. The molecule has 2 heterocycles. The Hall–Kier alpha value is -1.24. The molecule has 3 N–H and O–H groups in total. The zero-order chi connectivity index (χ0) is 12.1. The lowest BCUT2D eigenvalue weighted by molar-refractivity contribution is 0.540. The van der Waals surface area contributed by atoms with Crippen molar-refractivity contribution in [3.8, 4) is 0 Å². The van der Waals surface area contributed by atoms with E-state index in [2.05, 4.69) is 33.3 Å². The van der Waals surface area contributed by atoms with Crippen LogP contribution in [0.2, 0.25) is 0 Å². The molecule has 2 rings (SSSR count). The lowest BCUT2D eigenvalue weighted by Crippen LogP contribution is -2.19. The van der Waals surface area contributed by atoms with Crippen molar-refractivity contribution in [2.24, 2.45) is 5.73 Å². The van der Waals surface area contributed by atoms with Gasteiger partial charge in [-0.1, -0.05) is 5.21 Å². The van der Waals surface area contributed by atoms with Gasteiger partial charge in [0.1, 0.15) is 0 Å². The number of nitrogens with one attached hydrogen (secondary N) is 1. The van der Waals surface area contributed by atoms with E-state index in [0.717, 1.165) is 25.3 Å². The van der Waals surface area contributed by atoms with Gasteiger partial charge in [0.05, 0.1) is 12.2 Å². The van der Waals surface area contributed by atoms with Gasteiger partial charge in [0, 0.05) is 25.8 Å². The van der Waals surface area contributed by atoms with Gasteiger partial charge in [0.2, 0.25) is 0 Å². The van der Waals surface area contributed by atoms with Crippen LogP contribution in [0.25, 0.3) is 0 Å². The number of aromatic nitrogens is 3. The van der Waals surface area contributed by atoms with E-state index in [-0.39, 0.29) is 0 Å². The number of thiophene rings is 1. The second kappa shape index (κ2) is 5.90. The lowest BCUT2D eigenvalue weighted by Gasteiger charge is -2.04. The van der Waals surface area contributed by atoms with Crippen LogP contribution in [0.3, 0.4) is 0 Å². The molecule has 92 valence electrons. The van der Waals surface area contributed by atoms with Gasteiger partial charge in [-0.2, -0.15) is 11.3 Å². The Kier molecular flexibility index (Phi) is 4.24. The van der Waals surface area contributed by atoms with Crippen molar-refractivity contribution in [1.82, 2.24) is 20.3 Å². The van der Waals surface area contributed by atoms with Gasteiger partial charge in [0.25, 0.3) is 0 Å². The Morgan fingerprint density at radius 3 is 3.00 bits per heavy atom. The molecule has 0 saturated carbocycles. The van der Waals surface area contributed by atoms with Gasteiger partial charge >= 0.3 is 0 Å². The predicted molar refractivity (Wildman–Crippen MR) is 68.7 cm³/mol. The summed E-state index contributed by atoms with van der Waals surface area (Å²) < 4.78 is 1.82. The molecule has 2 aromatic rings. The summed E-state index contributed by atoms with van der Waals surface area (Å²) in [6.45, 7) is 5.19. The number of aryl methyl sites for hydroxylation is 1. The quantitative estimate of drug-likeness (QED) is 0.748. The third-order valence-corrected chi connectivity index (χ3v) is 3.50. The van der Waals surface area contributed by atoms with Crippen molar-refractivity contribution in [2.45, 2.75) is 26.6 Å². The molecule has 0 spiro atoms. The first-order valence-corrected chi connectivity index (χ1v) is 6.55. The Balaban J connectivity index is 1.71. The third-order valence-electron chi connectivity index (χ3n) is 2.59. The fraction of sp³-hybridized carbons (Fsp3) is 0.455. The van der Waals surface area contributed by atoms with Gasteiger partial charge in [0.15, 0.2) is 0 Å². The minimum absolute atomic E-state index is 0.446. The minimum atomic E-state index is 0.446. The molecule has 0 bridgehead atoms. The van der Waals surface area contributed by atoms with Crippen LogP contribution in [-0.2, 0) is 19.6 Å².